The van der Waals surface area contributed by atoms with Crippen LogP contribution in [-0.2, 0) is 5.54 Å². The lowest BCUT2D eigenvalue weighted by Crippen LogP contribution is -2.39. The summed E-state index contributed by atoms with van der Waals surface area (Å²) < 4.78 is 1.80. The first kappa shape index (κ1) is 21.7. The summed E-state index contributed by atoms with van der Waals surface area (Å²) in [4.78, 5) is 12.1. The van der Waals surface area contributed by atoms with Crippen LogP contribution >= 0.6 is 11.6 Å². The molecule has 34 heavy (non-hydrogen) atoms. The van der Waals surface area contributed by atoms with E-state index in [4.69, 9.17) is 11.6 Å². The van der Waals surface area contributed by atoms with Crippen LogP contribution in [-0.4, -0.2) is 26.0 Å². The van der Waals surface area contributed by atoms with Crippen LogP contribution in [0.4, 0.5) is 0 Å². The van der Waals surface area contributed by atoms with Gasteiger partial charge in [0.2, 0.25) is 0 Å². The van der Waals surface area contributed by atoms with Crippen molar-refractivity contribution in [2.24, 2.45) is 0 Å². The number of nitrogens with zero attached hydrogens (tertiary/aromatic N) is 4. The minimum absolute atomic E-state index is 0.0237. The molecule has 0 saturated heterocycles. The number of ketones is 1. The molecule has 0 aliphatic heterocycles. The molecule has 0 amide bonds. The average Bonchev–Trinajstić information content (AvgIpc) is 3.37. The number of tetrazole rings is 1. The largest absolute Gasteiger partial charge is 0.295 e. The molecule has 0 fully saturated rings. The highest BCUT2D eigenvalue weighted by molar-refractivity contribution is 6.31. The number of carbonyl (C=O) groups is 1. The number of hydrogen-bond donors (Lipinski definition) is 0. The van der Waals surface area contributed by atoms with Crippen molar-refractivity contribution >= 4 is 17.4 Å². The van der Waals surface area contributed by atoms with Crippen molar-refractivity contribution in [3.63, 3.8) is 0 Å². The predicted octanol–water partition coefficient (Wildman–Crippen LogP) is 6.04. The average molecular weight is 465 g/mol. The molecule has 0 N–H and O–H groups in total. The van der Waals surface area contributed by atoms with Crippen LogP contribution < -0.4 is 0 Å². The van der Waals surface area contributed by atoms with Gasteiger partial charge in [0.1, 0.15) is 5.54 Å². The molecule has 0 spiro atoms. The molecule has 0 radical (unpaired) electrons. The topological polar surface area (TPSA) is 60.7 Å². The van der Waals surface area contributed by atoms with E-state index in [2.05, 4.69) is 15.5 Å². The highest BCUT2D eigenvalue weighted by atomic mass is 35.5. The molecule has 1 aromatic heterocycles. The van der Waals surface area contributed by atoms with Gasteiger partial charge in [0.05, 0.1) is 0 Å². The zero-order valence-electron chi connectivity index (χ0n) is 18.5. The third-order valence-electron chi connectivity index (χ3n) is 5.96. The lowest BCUT2D eigenvalue weighted by atomic mass is 9.76. The van der Waals surface area contributed by atoms with Crippen LogP contribution in [0.25, 0.3) is 11.4 Å². The normalized spacial score (nSPS) is 11.4. The van der Waals surface area contributed by atoms with Crippen LogP contribution in [0.5, 0.6) is 0 Å². The quantitative estimate of drug-likeness (QED) is 0.227. The highest BCUT2D eigenvalue weighted by Crippen LogP contribution is 2.44. The Kier molecular flexibility index (Phi) is 5.78. The van der Waals surface area contributed by atoms with Gasteiger partial charge in [-0.25, -0.2) is 4.68 Å². The molecule has 6 heteroatoms. The van der Waals surface area contributed by atoms with Gasteiger partial charge in [-0.3, -0.25) is 4.79 Å². The fourth-order valence-electron chi connectivity index (χ4n) is 4.42. The number of carbonyl (C=O) groups excluding carboxylic acids is 1. The minimum Gasteiger partial charge on any atom is -0.295 e. The Labute approximate surface area is 202 Å². The molecule has 5 rings (SSSR count). The Morgan fingerprint density at radius 2 is 1.41 bits per heavy atom. The van der Waals surface area contributed by atoms with E-state index in [0.717, 1.165) is 22.3 Å². The molecule has 1 heterocycles. The molecular formula is C28H21ClN4O. The molecular weight excluding hydrogens is 444 g/mol. The standard InChI is InChI=1S/C28H21ClN4O/c1-20(34)21-11-10-12-22(19-21)27-30-31-32-33(27)28(23-13-4-2-5-14-23,24-15-6-3-7-16-24)25-17-8-9-18-26(25)29/h2-19H,1H3. The van der Waals surface area contributed by atoms with Gasteiger partial charge in [-0.15, -0.1) is 5.10 Å². The SMILES string of the molecule is CC(=O)c1cccc(-c2nnnn2C(c2ccccc2)(c2ccccc2)c2ccccc2Cl)c1. The summed E-state index contributed by atoms with van der Waals surface area (Å²) in [5.41, 5.74) is 3.10. The van der Waals surface area contributed by atoms with Gasteiger partial charge < -0.3 is 0 Å². The first-order chi connectivity index (χ1) is 16.6. The number of hydrogen-bond acceptors (Lipinski definition) is 4. The van der Waals surface area contributed by atoms with Crippen molar-refractivity contribution in [2.45, 2.75) is 12.5 Å². The summed E-state index contributed by atoms with van der Waals surface area (Å²) >= 11 is 6.86. The molecule has 5 aromatic rings. The molecule has 0 atom stereocenters. The third-order valence-corrected chi connectivity index (χ3v) is 6.29. The molecule has 0 saturated carbocycles. The lowest BCUT2D eigenvalue weighted by molar-refractivity contribution is 0.101. The molecule has 5 nitrogen and oxygen atoms in total. The number of benzene rings is 4. The Hall–Kier alpha value is -4.09. The van der Waals surface area contributed by atoms with Crippen LogP contribution in [0.1, 0.15) is 34.0 Å². The number of halogens is 1. The van der Waals surface area contributed by atoms with Crippen LogP contribution in [0.3, 0.4) is 0 Å². The van der Waals surface area contributed by atoms with E-state index in [0.29, 0.717) is 16.4 Å². The van der Waals surface area contributed by atoms with Crippen molar-refractivity contribution in [1.82, 2.24) is 20.2 Å². The number of aromatic nitrogens is 4. The second kappa shape index (κ2) is 9.04. The summed E-state index contributed by atoms with van der Waals surface area (Å²) in [6, 6.07) is 35.2. The summed E-state index contributed by atoms with van der Waals surface area (Å²) in [7, 11) is 0. The van der Waals surface area contributed by atoms with Crippen molar-refractivity contribution in [1.29, 1.82) is 0 Å². The second-order valence-corrected chi connectivity index (χ2v) is 8.38. The lowest BCUT2D eigenvalue weighted by Gasteiger charge is -2.36. The first-order valence-electron chi connectivity index (χ1n) is 10.9. The number of rotatable bonds is 6. The van der Waals surface area contributed by atoms with E-state index in [1.54, 1.807) is 17.7 Å². The maximum atomic E-state index is 12.1. The Morgan fingerprint density at radius 3 is 2.03 bits per heavy atom. The Morgan fingerprint density at radius 1 is 0.794 bits per heavy atom. The molecule has 0 aliphatic carbocycles. The third kappa shape index (κ3) is 3.60. The van der Waals surface area contributed by atoms with Crippen molar-refractivity contribution in [2.75, 3.05) is 0 Å². The zero-order valence-corrected chi connectivity index (χ0v) is 19.2. The molecule has 0 unspecified atom stereocenters. The summed E-state index contributed by atoms with van der Waals surface area (Å²) in [5, 5.41) is 13.6. The molecule has 0 bridgehead atoms. The smallest absolute Gasteiger partial charge is 0.183 e. The first-order valence-corrected chi connectivity index (χ1v) is 11.3. The fourth-order valence-corrected chi connectivity index (χ4v) is 4.69. The van der Waals surface area contributed by atoms with E-state index in [9.17, 15) is 4.79 Å². The minimum atomic E-state index is -0.966. The van der Waals surface area contributed by atoms with Crippen molar-refractivity contribution < 1.29 is 4.79 Å². The van der Waals surface area contributed by atoms with Gasteiger partial charge in [0.15, 0.2) is 11.6 Å². The Balaban J connectivity index is 1.91. The van der Waals surface area contributed by atoms with Gasteiger partial charge >= 0.3 is 0 Å². The van der Waals surface area contributed by atoms with Crippen LogP contribution in [0, 0.1) is 0 Å². The summed E-state index contributed by atoms with van der Waals surface area (Å²) in [6.07, 6.45) is 0. The van der Waals surface area contributed by atoms with Gasteiger partial charge in [-0.1, -0.05) is 109 Å². The number of Topliss-reactive ketones (excluding diaryl/α,β-unsaturated/α-hetero) is 1. The van der Waals surface area contributed by atoms with Crippen LogP contribution in [0.2, 0.25) is 5.02 Å². The molecule has 0 aliphatic rings. The van der Waals surface area contributed by atoms with E-state index < -0.39 is 5.54 Å². The van der Waals surface area contributed by atoms with E-state index in [1.165, 1.54) is 0 Å². The van der Waals surface area contributed by atoms with Crippen LogP contribution in [0.15, 0.2) is 109 Å². The fraction of sp³-hybridized carbons (Fsp3) is 0.0714. The zero-order chi connectivity index (χ0) is 23.5. The van der Waals surface area contributed by atoms with Crippen molar-refractivity contribution in [3.8, 4) is 11.4 Å². The second-order valence-electron chi connectivity index (χ2n) is 7.97. The van der Waals surface area contributed by atoms with Gasteiger partial charge in [-0.05, 0) is 40.6 Å². The van der Waals surface area contributed by atoms with Gasteiger partial charge in [-0.2, -0.15) is 0 Å². The summed E-state index contributed by atoms with van der Waals surface area (Å²) in [6.45, 7) is 1.55. The molecule has 4 aromatic carbocycles. The van der Waals surface area contributed by atoms with Gasteiger partial charge in [0, 0.05) is 21.7 Å². The highest BCUT2D eigenvalue weighted by Gasteiger charge is 2.43. The Bertz CT molecular complexity index is 1410. The van der Waals surface area contributed by atoms with E-state index in [-0.39, 0.29) is 5.78 Å². The van der Waals surface area contributed by atoms with Gasteiger partial charge in [0.25, 0.3) is 0 Å². The maximum Gasteiger partial charge on any atom is 0.183 e. The van der Waals surface area contributed by atoms with E-state index in [1.807, 2.05) is 103 Å². The predicted molar refractivity (Wildman–Crippen MR) is 133 cm³/mol. The van der Waals surface area contributed by atoms with E-state index >= 15 is 0 Å². The monoisotopic (exact) mass is 464 g/mol. The molecule has 166 valence electrons. The summed E-state index contributed by atoms with van der Waals surface area (Å²) in [5.74, 6) is 0.500. The van der Waals surface area contributed by atoms with Crippen molar-refractivity contribution in [3.05, 3.63) is 136 Å². The maximum absolute atomic E-state index is 12.1.